The predicted molar refractivity (Wildman–Crippen MR) is 69.8 cm³/mol. The second-order valence-corrected chi connectivity index (χ2v) is 7.25. The van der Waals surface area contributed by atoms with E-state index in [0.29, 0.717) is 0 Å². The molecule has 0 aliphatic heterocycles. The van der Waals surface area contributed by atoms with E-state index in [2.05, 4.69) is 28.1 Å². The Morgan fingerprint density at radius 3 is 2.73 bits per heavy atom. The first kappa shape index (κ1) is 10.00. The summed E-state index contributed by atoms with van der Waals surface area (Å²) in [7, 11) is 0. The van der Waals surface area contributed by atoms with Crippen molar-refractivity contribution in [1.82, 2.24) is 4.98 Å². The third kappa shape index (κ3) is 1.90. The molecule has 78 valence electrons. The Morgan fingerprint density at radius 2 is 2.00 bits per heavy atom. The van der Waals surface area contributed by atoms with Gasteiger partial charge < -0.3 is 0 Å². The Kier molecular flexibility index (Phi) is 2.66. The average molecular weight is 300 g/mol. The van der Waals surface area contributed by atoms with Gasteiger partial charge in [0.05, 0.1) is 14.4 Å². The van der Waals surface area contributed by atoms with Crippen molar-refractivity contribution >= 4 is 38.6 Å². The van der Waals surface area contributed by atoms with Crippen molar-refractivity contribution in [3.63, 3.8) is 0 Å². The molecule has 3 rings (SSSR count). The number of aryl methyl sites for hydroxylation is 2. The number of hydrogen-bond donors (Lipinski definition) is 0. The number of aromatic nitrogens is 1. The Balaban J connectivity index is 2.02. The molecule has 0 bridgehead atoms. The van der Waals surface area contributed by atoms with Crippen LogP contribution in [0.25, 0.3) is 9.88 Å². The maximum Gasteiger partial charge on any atom is 0.133 e. The lowest BCUT2D eigenvalue weighted by molar-refractivity contribution is 0.683. The van der Waals surface area contributed by atoms with Crippen LogP contribution in [0.3, 0.4) is 0 Å². The lowest BCUT2D eigenvalue weighted by Gasteiger charge is -2.06. The monoisotopic (exact) mass is 299 g/mol. The summed E-state index contributed by atoms with van der Waals surface area (Å²) >= 11 is 7.15. The first-order chi connectivity index (χ1) is 7.33. The van der Waals surface area contributed by atoms with Crippen molar-refractivity contribution in [2.75, 3.05) is 0 Å². The van der Waals surface area contributed by atoms with Crippen molar-refractivity contribution < 1.29 is 0 Å². The van der Waals surface area contributed by atoms with E-state index in [1.165, 1.54) is 49.9 Å². The van der Waals surface area contributed by atoms with Gasteiger partial charge in [0, 0.05) is 4.88 Å². The molecule has 0 saturated carbocycles. The molecule has 0 fully saturated rings. The molecule has 4 heteroatoms. The first-order valence-corrected chi connectivity index (χ1v) is 7.50. The van der Waals surface area contributed by atoms with E-state index in [4.69, 9.17) is 4.98 Å². The molecule has 0 atom stereocenters. The number of fused-ring (bicyclic) bond motifs is 1. The Morgan fingerprint density at radius 1 is 1.13 bits per heavy atom. The summed E-state index contributed by atoms with van der Waals surface area (Å²) < 4.78 is 1.19. The smallest absolute Gasteiger partial charge is 0.133 e. The van der Waals surface area contributed by atoms with Crippen LogP contribution in [0.5, 0.6) is 0 Å². The van der Waals surface area contributed by atoms with E-state index >= 15 is 0 Å². The molecule has 15 heavy (non-hydrogen) atoms. The summed E-state index contributed by atoms with van der Waals surface area (Å²) in [6, 6.07) is 4.25. The number of thiazole rings is 1. The zero-order valence-electron chi connectivity index (χ0n) is 8.12. The van der Waals surface area contributed by atoms with E-state index in [1.807, 2.05) is 11.3 Å². The third-order valence-corrected chi connectivity index (χ3v) is 5.58. The number of halogens is 1. The molecule has 0 unspecified atom stereocenters. The van der Waals surface area contributed by atoms with E-state index in [9.17, 15) is 0 Å². The molecule has 2 aromatic rings. The van der Waals surface area contributed by atoms with Crippen LogP contribution < -0.4 is 0 Å². The van der Waals surface area contributed by atoms with Gasteiger partial charge in [0.1, 0.15) is 5.01 Å². The second-order valence-electron chi connectivity index (χ2n) is 3.70. The van der Waals surface area contributed by atoms with Crippen LogP contribution in [0.1, 0.15) is 23.4 Å². The minimum atomic E-state index is 1.18. The molecule has 0 saturated heterocycles. The molecule has 0 N–H and O–H groups in total. The van der Waals surface area contributed by atoms with Crippen molar-refractivity contribution in [3.05, 3.63) is 26.5 Å². The van der Waals surface area contributed by atoms with Gasteiger partial charge in [-0.1, -0.05) is 0 Å². The fourth-order valence-electron chi connectivity index (χ4n) is 1.89. The van der Waals surface area contributed by atoms with Gasteiger partial charge in [0.15, 0.2) is 0 Å². The van der Waals surface area contributed by atoms with Crippen molar-refractivity contribution in [2.24, 2.45) is 0 Å². The lowest BCUT2D eigenvalue weighted by Crippen LogP contribution is -1.98. The summed E-state index contributed by atoms with van der Waals surface area (Å²) in [6.07, 6.45) is 5.06. The molecule has 2 heterocycles. The summed E-state index contributed by atoms with van der Waals surface area (Å²) in [5.41, 5.74) is 1.35. The van der Waals surface area contributed by atoms with E-state index in [0.717, 1.165) is 0 Å². The largest absolute Gasteiger partial charge is 0.240 e. The van der Waals surface area contributed by atoms with Crippen molar-refractivity contribution in [1.29, 1.82) is 0 Å². The van der Waals surface area contributed by atoms with Crippen LogP contribution in [0, 0.1) is 0 Å². The molecular weight excluding hydrogens is 290 g/mol. The Labute approximate surface area is 105 Å². The van der Waals surface area contributed by atoms with Crippen LogP contribution in [-0.4, -0.2) is 4.98 Å². The highest BCUT2D eigenvalue weighted by Crippen LogP contribution is 2.37. The summed E-state index contributed by atoms with van der Waals surface area (Å²) in [4.78, 5) is 7.55. The fourth-order valence-corrected chi connectivity index (χ4v) is 4.48. The average Bonchev–Trinajstić information content (AvgIpc) is 2.82. The van der Waals surface area contributed by atoms with Gasteiger partial charge in [0.25, 0.3) is 0 Å². The maximum absolute atomic E-state index is 4.74. The van der Waals surface area contributed by atoms with E-state index < -0.39 is 0 Å². The van der Waals surface area contributed by atoms with E-state index in [-0.39, 0.29) is 0 Å². The summed E-state index contributed by atoms with van der Waals surface area (Å²) in [6.45, 7) is 0. The molecule has 1 aliphatic rings. The van der Waals surface area contributed by atoms with Crippen LogP contribution in [0.2, 0.25) is 0 Å². The van der Waals surface area contributed by atoms with Crippen molar-refractivity contribution in [2.45, 2.75) is 25.7 Å². The van der Waals surface area contributed by atoms with Crippen LogP contribution in [0.15, 0.2) is 15.9 Å². The van der Waals surface area contributed by atoms with Gasteiger partial charge in [-0.3, -0.25) is 0 Å². The maximum atomic E-state index is 4.74. The van der Waals surface area contributed by atoms with Crippen LogP contribution >= 0.6 is 38.6 Å². The zero-order chi connectivity index (χ0) is 10.3. The van der Waals surface area contributed by atoms with Gasteiger partial charge in [-0.05, 0) is 53.7 Å². The number of rotatable bonds is 1. The van der Waals surface area contributed by atoms with Gasteiger partial charge in [-0.2, -0.15) is 0 Å². The van der Waals surface area contributed by atoms with Crippen LogP contribution in [0.4, 0.5) is 0 Å². The number of hydrogen-bond acceptors (Lipinski definition) is 3. The molecule has 2 aromatic heterocycles. The third-order valence-electron chi connectivity index (χ3n) is 2.63. The standard InChI is InChI=1S/C11H10BrNS2/c12-10-6-5-9(14-10)11-13-7-3-1-2-4-8(7)15-11/h5-6H,1-4H2. The topological polar surface area (TPSA) is 12.9 Å². The fraction of sp³-hybridized carbons (Fsp3) is 0.364. The molecule has 0 aromatic carbocycles. The minimum absolute atomic E-state index is 1.18. The van der Waals surface area contributed by atoms with Gasteiger partial charge >= 0.3 is 0 Å². The molecule has 0 radical (unpaired) electrons. The predicted octanol–water partition coefficient (Wildman–Crippen LogP) is 4.51. The quantitative estimate of drug-likeness (QED) is 0.755. The summed E-state index contributed by atoms with van der Waals surface area (Å²) in [5.74, 6) is 0. The highest BCUT2D eigenvalue weighted by atomic mass is 79.9. The first-order valence-electron chi connectivity index (χ1n) is 5.07. The second kappa shape index (κ2) is 4.00. The van der Waals surface area contributed by atoms with Crippen LogP contribution in [-0.2, 0) is 12.8 Å². The number of nitrogens with zero attached hydrogens (tertiary/aromatic N) is 1. The normalized spacial score (nSPS) is 15.3. The van der Waals surface area contributed by atoms with Crippen molar-refractivity contribution in [3.8, 4) is 9.88 Å². The van der Waals surface area contributed by atoms with Gasteiger partial charge in [-0.15, -0.1) is 22.7 Å². The highest BCUT2D eigenvalue weighted by Gasteiger charge is 2.16. The summed E-state index contributed by atoms with van der Waals surface area (Å²) in [5, 5.41) is 1.21. The number of thiophene rings is 1. The van der Waals surface area contributed by atoms with E-state index in [1.54, 1.807) is 11.3 Å². The Bertz CT molecular complexity index is 463. The van der Waals surface area contributed by atoms with Gasteiger partial charge in [0.2, 0.25) is 0 Å². The molecule has 0 amide bonds. The SMILES string of the molecule is Brc1ccc(-c2nc3c(s2)CCCC3)s1. The van der Waals surface area contributed by atoms with Gasteiger partial charge in [-0.25, -0.2) is 4.98 Å². The molecular formula is C11H10BrNS2. The highest BCUT2D eigenvalue weighted by molar-refractivity contribution is 9.11. The zero-order valence-corrected chi connectivity index (χ0v) is 11.3. The molecule has 1 nitrogen and oxygen atoms in total. The molecule has 1 aliphatic carbocycles. The Hall–Kier alpha value is -0.190. The minimum Gasteiger partial charge on any atom is -0.240 e. The lowest BCUT2D eigenvalue weighted by atomic mass is 10.0. The molecule has 0 spiro atoms.